The first-order valence-corrected chi connectivity index (χ1v) is 9.07. The Kier molecular flexibility index (Phi) is 4.55. The fraction of sp³-hybridized carbons (Fsp3) is 0.158. The third kappa shape index (κ3) is 3.65. The average Bonchev–Trinajstić information content (AvgIpc) is 3.41. The van der Waals surface area contributed by atoms with Gasteiger partial charge in [0.25, 0.3) is 11.8 Å². The number of hydrogen-bond donors (Lipinski definition) is 2. The van der Waals surface area contributed by atoms with Crippen LogP contribution in [0.5, 0.6) is 11.5 Å². The molecule has 0 saturated heterocycles. The summed E-state index contributed by atoms with van der Waals surface area (Å²) in [5, 5.41) is 6.22. The number of furan rings is 1. The monoisotopic (exact) mass is 384 g/mol. The lowest BCUT2D eigenvalue weighted by atomic mass is 10.1. The Morgan fingerprint density at radius 3 is 2.74 bits per heavy atom. The van der Waals surface area contributed by atoms with Crippen molar-refractivity contribution in [3.8, 4) is 11.5 Å². The standard InChI is InChI=1S/C19H16N2O5S/c1-11(12-4-5-13-15(9-12)26-10-25-13)20-19(23)16-6-7-17(27-16)21-18(22)14-3-2-8-24-14/h2-9,11H,10H2,1H3,(H,20,23)(H,21,22). The van der Waals surface area contributed by atoms with Crippen LogP contribution in [-0.2, 0) is 0 Å². The molecular formula is C19H16N2O5S. The smallest absolute Gasteiger partial charge is 0.291 e. The highest BCUT2D eigenvalue weighted by Gasteiger charge is 2.18. The van der Waals surface area contributed by atoms with E-state index in [2.05, 4.69) is 10.6 Å². The van der Waals surface area contributed by atoms with E-state index in [9.17, 15) is 9.59 Å². The van der Waals surface area contributed by atoms with Crippen LogP contribution in [0.1, 0.15) is 38.8 Å². The molecule has 27 heavy (non-hydrogen) atoms. The normalized spacial score (nSPS) is 13.2. The molecular weight excluding hydrogens is 368 g/mol. The van der Waals surface area contributed by atoms with Crippen molar-refractivity contribution in [2.24, 2.45) is 0 Å². The van der Waals surface area contributed by atoms with E-state index in [0.717, 1.165) is 5.56 Å². The molecule has 2 amide bonds. The number of ether oxygens (including phenoxy) is 2. The molecule has 7 nitrogen and oxygen atoms in total. The van der Waals surface area contributed by atoms with Crippen molar-refractivity contribution in [3.63, 3.8) is 0 Å². The molecule has 8 heteroatoms. The van der Waals surface area contributed by atoms with E-state index >= 15 is 0 Å². The van der Waals surface area contributed by atoms with Crippen LogP contribution in [0.2, 0.25) is 0 Å². The van der Waals surface area contributed by atoms with E-state index < -0.39 is 0 Å². The van der Waals surface area contributed by atoms with Gasteiger partial charge in [0.2, 0.25) is 6.79 Å². The summed E-state index contributed by atoms with van der Waals surface area (Å²) in [6.45, 7) is 2.10. The molecule has 0 bridgehead atoms. The van der Waals surface area contributed by atoms with Crippen LogP contribution in [0, 0.1) is 0 Å². The Morgan fingerprint density at radius 1 is 1.07 bits per heavy atom. The van der Waals surface area contributed by atoms with Gasteiger partial charge in [-0.3, -0.25) is 9.59 Å². The molecule has 138 valence electrons. The number of rotatable bonds is 5. The summed E-state index contributed by atoms with van der Waals surface area (Å²) in [5.41, 5.74) is 0.913. The number of anilines is 1. The molecule has 1 unspecified atom stereocenters. The molecule has 0 radical (unpaired) electrons. The van der Waals surface area contributed by atoms with Crippen LogP contribution in [0.15, 0.2) is 53.1 Å². The second kappa shape index (κ2) is 7.16. The highest BCUT2D eigenvalue weighted by molar-refractivity contribution is 7.18. The number of carbonyl (C=O) groups is 2. The number of hydrogen-bond acceptors (Lipinski definition) is 6. The Balaban J connectivity index is 1.40. The van der Waals surface area contributed by atoms with Crippen molar-refractivity contribution in [3.05, 3.63) is 64.9 Å². The summed E-state index contributed by atoms with van der Waals surface area (Å²) in [4.78, 5) is 25.0. The van der Waals surface area contributed by atoms with Crippen LogP contribution in [0.4, 0.5) is 5.00 Å². The highest BCUT2D eigenvalue weighted by Crippen LogP contribution is 2.34. The Hall–Kier alpha value is -3.26. The van der Waals surface area contributed by atoms with Crippen LogP contribution in [-0.4, -0.2) is 18.6 Å². The molecule has 1 aromatic carbocycles. The van der Waals surface area contributed by atoms with Crippen LogP contribution in [0.3, 0.4) is 0 Å². The van der Waals surface area contributed by atoms with E-state index in [4.69, 9.17) is 13.9 Å². The maximum absolute atomic E-state index is 12.5. The average molecular weight is 384 g/mol. The molecule has 2 N–H and O–H groups in total. The number of fused-ring (bicyclic) bond motifs is 1. The minimum atomic E-state index is -0.359. The summed E-state index contributed by atoms with van der Waals surface area (Å²) in [7, 11) is 0. The van der Waals surface area contributed by atoms with E-state index in [1.165, 1.54) is 17.6 Å². The van der Waals surface area contributed by atoms with Crippen molar-refractivity contribution in [2.75, 3.05) is 12.1 Å². The predicted molar refractivity (Wildman–Crippen MR) is 99.4 cm³/mol. The molecule has 2 aromatic heterocycles. The van der Waals surface area contributed by atoms with Crippen LogP contribution < -0.4 is 20.1 Å². The molecule has 3 heterocycles. The summed E-state index contributed by atoms with van der Waals surface area (Å²) in [5.74, 6) is 1.01. The first-order chi connectivity index (χ1) is 13.1. The zero-order valence-corrected chi connectivity index (χ0v) is 15.2. The second-order valence-corrected chi connectivity index (χ2v) is 6.99. The van der Waals surface area contributed by atoms with Crippen molar-refractivity contribution in [1.29, 1.82) is 0 Å². The van der Waals surface area contributed by atoms with Gasteiger partial charge in [0.1, 0.15) is 0 Å². The van der Waals surface area contributed by atoms with E-state index in [0.29, 0.717) is 21.4 Å². The zero-order chi connectivity index (χ0) is 18.8. The molecule has 3 aromatic rings. The molecule has 0 spiro atoms. The van der Waals surface area contributed by atoms with Crippen molar-refractivity contribution < 1.29 is 23.5 Å². The number of thiophene rings is 1. The highest BCUT2D eigenvalue weighted by atomic mass is 32.1. The number of nitrogens with one attached hydrogen (secondary N) is 2. The van der Waals surface area contributed by atoms with Gasteiger partial charge in [-0.1, -0.05) is 6.07 Å². The SMILES string of the molecule is CC(NC(=O)c1ccc(NC(=O)c2ccco2)s1)c1ccc2c(c1)OCO2. The summed E-state index contributed by atoms with van der Waals surface area (Å²) < 4.78 is 15.7. The van der Waals surface area contributed by atoms with Crippen molar-refractivity contribution >= 4 is 28.2 Å². The molecule has 1 aliphatic heterocycles. The Labute approximate surface area is 158 Å². The molecule has 1 aliphatic rings. The minimum absolute atomic E-state index is 0.210. The van der Waals surface area contributed by atoms with Gasteiger partial charge in [0.15, 0.2) is 17.3 Å². The van der Waals surface area contributed by atoms with E-state index in [-0.39, 0.29) is 30.4 Å². The topological polar surface area (TPSA) is 89.8 Å². The lowest BCUT2D eigenvalue weighted by Gasteiger charge is -2.14. The molecule has 0 saturated carbocycles. The number of carbonyl (C=O) groups excluding carboxylic acids is 2. The van der Waals surface area contributed by atoms with E-state index in [1.807, 2.05) is 25.1 Å². The fourth-order valence-corrected chi connectivity index (χ4v) is 3.45. The first kappa shape index (κ1) is 17.2. The summed E-state index contributed by atoms with van der Waals surface area (Å²) in [6, 6.07) is 11.9. The Bertz CT molecular complexity index is 980. The predicted octanol–water partition coefficient (Wildman–Crippen LogP) is 3.81. The molecule has 1 atom stereocenters. The molecule has 0 aliphatic carbocycles. The lowest BCUT2D eigenvalue weighted by Crippen LogP contribution is -2.25. The number of benzene rings is 1. The van der Waals surface area contributed by atoms with Gasteiger partial charge < -0.3 is 24.5 Å². The van der Waals surface area contributed by atoms with Crippen molar-refractivity contribution in [1.82, 2.24) is 5.32 Å². The maximum atomic E-state index is 12.5. The van der Waals surface area contributed by atoms with Crippen LogP contribution >= 0.6 is 11.3 Å². The minimum Gasteiger partial charge on any atom is -0.459 e. The van der Waals surface area contributed by atoms with Gasteiger partial charge in [0.05, 0.1) is 22.2 Å². The summed E-state index contributed by atoms with van der Waals surface area (Å²) in [6.07, 6.45) is 1.43. The molecule has 0 fully saturated rings. The molecule has 4 rings (SSSR count). The lowest BCUT2D eigenvalue weighted by molar-refractivity contribution is 0.0942. The summed E-state index contributed by atoms with van der Waals surface area (Å²) >= 11 is 1.19. The first-order valence-electron chi connectivity index (χ1n) is 8.25. The van der Waals surface area contributed by atoms with Gasteiger partial charge >= 0.3 is 0 Å². The van der Waals surface area contributed by atoms with Crippen molar-refractivity contribution in [2.45, 2.75) is 13.0 Å². The maximum Gasteiger partial charge on any atom is 0.291 e. The van der Waals surface area contributed by atoms with Gasteiger partial charge in [-0.2, -0.15) is 0 Å². The largest absolute Gasteiger partial charge is 0.459 e. The zero-order valence-electron chi connectivity index (χ0n) is 14.4. The van der Waals surface area contributed by atoms with Gasteiger partial charge in [0, 0.05) is 0 Å². The van der Waals surface area contributed by atoms with Gasteiger partial charge in [-0.05, 0) is 48.9 Å². The number of amides is 2. The second-order valence-electron chi connectivity index (χ2n) is 5.90. The van der Waals surface area contributed by atoms with E-state index in [1.54, 1.807) is 24.3 Å². The van der Waals surface area contributed by atoms with Crippen LogP contribution in [0.25, 0.3) is 0 Å². The quantitative estimate of drug-likeness (QED) is 0.698. The van der Waals surface area contributed by atoms with Gasteiger partial charge in [-0.25, -0.2) is 0 Å². The Morgan fingerprint density at radius 2 is 1.93 bits per heavy atom. The fourth-order valence-electron chi connectivity index (χ4n) is 2.64. The van der Waals surface area contributed by atoms with Gasteiger partial charge in [-0.15, -0.1) is 11.3 Å². The third-order valence-corrected chi connectivity index (χ3v) is 5.06. The third-order valence-electron chi connectivity index (χ3n) is 4.06.